The minimum absolute atomic E-state index is 0.157. The number of morpholine rings is 1. The fourth-order valence-electron chi connectivity index (χ4n) is 3.83. The van der Waals surface area contributed by atoms with Gasteiger partial charge in [0.15, 0.2) is 0 Å². The van der Waals surface area contributed by atoms with Crippen LogP contribution in [0.15, 0.2) is 29.2 Å². The van der Waals surface area contributed by atoms with Crippen molar-refractivity contribution in [1.82, 2.24) is 14.5 Å². The van der Waals surface area contributed by atoms with Gasteiger partial charge in [-0.3, -0.25) is 4.79 Å². The number of benzene rings is 1. The van der Waals surface area contributed by atoms with Crippen molar-refractivity contribution in [2.75, 3.05) is 52.5 Å². The molecule has 156 valence electrons. The summed E-state index contributed by atoms with van der Waals surface area (Å²) < 4.78 is 32.1. The number of hydrogen-bond acceptors (Lipinski definition) is 5. The van der Waals surface area contributed by atoms with E-state index >= 15 is 0 Å². The average Bonchev–Trinajstić information content (AvgIpc) is 2.72. The molecule has 2 saturated heterocycles. The summed E-state index contributed by atoms with van der Waals surface area (Å²) in [6.45, 7) is 7.60. The van der Waals surface area contributed by atoms with Crippen molar-refractivity contribution in [2.24, 2.45) is 5.92 Å². The van der Waals surface area contributed by atoms with Crippen LogP contribution in [0.2, 0.25) is 0 Å². The van der Waals surface area contributed by atoms with Gasteiger partial charge >= 0.3 is 0 Å². The van der Waals surface area contributed by atoms with Crippen LogP contribution in [-0.4, -0.2) is 76.0 Å². The van der Waals surface area contributed by atoms with Gasteiger partial charge in [0, 0.05) is 31.7 Å². The Hall–Kier alpha value is -1.48. The summed E-state index contributed by atoms with van der Waals surface area (Å²) in [7, 11) is -3.60. The van der Waals surface area contributed by atoms with Gasteiger partial charge in [-0.15, -0.1) is 0 Å². The molecule has 1 N–H and O–H groups in total. The molecule has 2 aliphatic heterocycles. The number of likely N-dealkylation sites (tertiary alicyclic amines) is 1. The zero-order valence-corrected chi connectivity index (χ0v) is 17.4. The standard InChI is InChI=1S/C20H31N3O4S/c1-17-5-3-9-22(16-17)10-4-8-21-20(24)18-6-2-7-19(15-18)28(25,26)23-11-13-27-14-12-23/h2,6-7,15,17H,3-5,8-14,16H2,1H3,(H,21,24). The average molecular weight is 410 g/mol. The maximum absolute atomic E-state index is 12.8. The van der Waals surface area contributed by atoms with Crippen LogP contribution in [0.1, 0.15) is 36.5 Å². The number of carbonyl (C=O) groups excluding carboxylic acids is 1. The highest BCUT2D eigenvalue weighted by atomic mass is 32.2. The van der Waals surface area contributed by atoms with Gasteiger partial charge in [0.2, 0.25) is 10.0 Å². The smallest absolute Gasteiger partial charge is 0.251 e. The first kappa shape index (κ1) is 21.2. The van der Waals surface area contributed by atoms with Crippen molar-refractivity contribution in [1.29, 1.82) is 0 Å². The Morgan fingerprint density at radius 1 is 1.25 bits per heavy atom. The minimum Gasteiger partial charge on any atom is -0.379 e. The third-order valence-electron chi connectivity index (χ3n) is 5.38. The van der Waals surface area contributed by atoms with E-state index in [0.29, 0.717) is 38.4 Å². The Morgan fingerprint density at radius 3 is 2.79 bits per heavy atom. The first-order chi connectivity index (χ1) is 13.5. The number of ether oxygens (including phenoxy) is 1. The molecule has 8 heteroatoms. The Morgan fingerprint density at radius 2 is 2.04 bits per heavy atom. The molecule has 1 amide bonds. The molecule has 1 unspecified atom stereocenters. The van der Waals surface area contributed by atoms with Gasteiger partial charge < -0.3 is 15.0 Å². The molecule has 3 rings (SSSR count). The molecule has 0 bridgehead atoms. The summed E-state index contributed by atoms with van der Waals surface area (Å²) in [5.74, 6) is 0.519. The van der Waals surface area contributed by atoms with E-state index in [2.05, 4.69) is 17.1 Å². The van der Waals surface area contributed by atoms with E-state index in [0.717, 1.165) is 32.0 Å². The summed E-state index contributed by atoms with van der Waals surface area (Å²) in [5, 5.41) is 2.91. The van der Waals surface area contributed by atoms with Crippen LogP contribution >= 0.6 is 0 Å². The van der Waals surface area contributed by atoms with Crippen LogP contribution in [0, 0.1) is 5.92 Å². The third kappa shape index (κ3) is 5.53. The predicted octanol–water partition coefficient (Wildman–Crippen LogP) is 1.56. The van der Waals surface area contributed by atoms with Crippen molar-refractivity contribution in [3.05, 3.63) is 29.8 Å². The fourth-order valence-corrected chi connectivity index (χ4v) is 5.28. The van der Waals surface area contributed by atoms with Gasteiger partial charge in [-0.05, 0) is 56.5 Å². The molecule has 1 aromatic carbocycles. The lowest BCUT2D eigenvalue weighted by atomic mass is 10.0. The second-order valence-corrected chi connectivity index (χ2v) is 9.64. The summed E-state index contributed by atoms with van der Waals surface area (Å²) >= 11 is 0. The summed E-state index contributed by atoms with van der Waals surface area (Å²) in [6.07, 6.45) is 3.44. The van der Waals surface area contributed by atoms with E-state index in [1.807, 2.05) is 0 Å². The Kier molecular flexibility index (Phi) is 7.45. The normalized spacial score (nSPS) is 22.1. The maximum Gasteiger partial charge on any atom is 0.251 e. The predicted molar refractivity (Wildman–Crippen MR) is 108 cm³/mol. The van der Waals surface area contributed by atoms with Crippen LogP contribution in [-0.2, 0) is 14.8 Å². The zero-order chi connectivity index (χ0) is 20.0. The largest absolute Gasteiger partial charge is 0.379 e. The first-order valence-electron chi connectivity index (χ1n) is 10.2. The topological polar surface area (TPSA) is 79.0 Å². The van der Waals surface area contributed by atoms with Crippen molar-refractivity contribution in [3.8, 4) is 0 Å². The molecule has 0 spiro atoms. The molecule has 2 aliphatic rings. The number of piperidine rings is 1. The highest BCUT2D eigenvalue weighted by Crippen LogP contribution is 2.18. The Labute approximate surface area is 168 Å². The number of amides is 1. The summed E-state index contributed by atoms with van der Waals surface area (Å²) in [4.78, 5) is 15.1. The quantitative estimate of drug-likeness (QED) is 0.692. The lowest BCUT2D eigenvalue weighted by Gasteiger charge is -2.30. The van der Waals surface area contributed by atoms with E-state index in [-0.39, 0.29) is 10.8 Å². The van der Waals surface area contributed by atoms with E-state index < -0.39 is 10.0 Å². The first-order valence-corrected chi connectivity index (χ1v) is 11.6. The van der Waals surface area contributed by atoms with Crippen LogP contribution in [0.25, 0.3) is 0 Å². The number of nitrogens with zero attached hydrogens (tertiary/aromatic N) is 2. The zero-order valence-electron chi connectivity index (χ0n) is 16.6. The molecule has 2 heterocycles. The number of hydrogen-bond donors (Lipinski definition) is 1. The molecule has 2 fully saturated rings. The molecule has 1 atom stereocenters. The van der Waals surface area contributed by atoms with E-state index in [1.54, 1.807) is 18.2 Å². The fraction of sp³-hybridized carbons (Fsp3) is 0.650. The van der Waals surface area contributed by atoms with Crippen LogP contribution in [0.5, 0.6) is 0 Å². The summed E-state index contributed by atoms with van der Waals surface area (Å²) in [6, 6.07) is 6.28. The maximum atomic E-state index is 12.8. The molecule has 1 aromatic rings. The molecule has 0 aliphatic carbocycles. The second kappa shape index (κ2) is 9.82. The van der Waals surface area contributed by atoms with Gasteiger partial charge in [0.1, 0.15) is 0 Å². The molecule has 0 radical (unpaired) electrons. The van der Waals surface area contributed by atoms with Gasteiger partial charge in [-0.25, -0.2) is 8.42 Å². The number of nitrogens with one attached hydrogen (secondary N) is 1. The van der Waals surface area contributed by atoms with Crippen molar-refractivity contribution in [3.63, 3.8) is 0 Å². The molecule has 7 nitrogen and oxygen atoms in total. The van der Waals surface area contributed by atoms with Crippen molar-refractivity contribution in [2.45, 2.75) is 31.1 Å². The Balaban J connectivity index is 1.52. The van der Waals surface area contributed by atoms with E-state index in [4.69, 9.17) is 4.74 Å². The number of rotatable bonds is 7. The summed E-state index contributed by atoms with van der Waals surface area (Å²) in [5.41, 5.74) is 0.376. The van der Waals surface area contributed by atoms with Gasteiger partial charge in [-0.2, -0.15) is 4.31 Å². The molecular formula is C20H31N3O4S. The second-order valence-electron chi connectivity index (χ2n) is 7.70. The Bertz CT molecular complexity index is 762. The lowest BCUT2D eigenvalue weighted by Crippen LogP contribution is -2.40. The van der Waals surface area contributed by atoms with Gasteiger partial charge in [0.25, 0.3) is 5.91 Å². The SMILES string of the molecule is CC1CCCN(CCCNC(=O)c2cccc(S(=O)(=O)N3CCOCC3)c2)C1. The van der Waals surface area contributed by atoms with Crippen LogP contribution in [0.4, 0.5) is 0 Å². The number of sulfonamides is 1. The van der Waals surface area contributed by atoms with Gasteiger partial charge in [0.05, 0.1) is 18.1 Å². The highest BCUT2D eigenvalue weighted by Gasteiger charge is 2.26. The minimum atomic E-state index is -3.60. The van der Waals surface area contributed by atoms with Crippen molar-refractivity contribution < 1.29 is 17.9 Å². The highest BCUT2D eigenvalue weighted by molar-refractivity contribution is 7.89. The van der Waals surface area contributed by atoms with E-state index in [1.165, 1.54) is 23.2 Å². The van der Waals surface area contributed by atoms with Gasteiger partial charge in [-0.1, -0.05) is 13.0 Å². The molecular weight excluding hydrogens is 378 g/mol. The molecule has 28 heavy (non-hydrogen) atoms. The van der Waals surface area contributed by atoms with Crippen molar-refractivity contribution >= 4 is 15.9 Å². The van der Waals surface area contributed by atoms with Crippen LogP contribution < -0.4 is 5.32 Å². The molecule has 0 saturated carbocycles. The van der Waals surface area contributed by atoms with E-state index in [9.17, 15) is 13.2 Å². The third-order valence-corrected chi connectivity index (χ3v) is 7.28. The lowest BCUT2D eigenvalue weighted by molar-refractivity contribution is 0.0730. The number of carbonyl (C=O) groups is 1. The monoisotopic (exact) mass is 409 g/mol. The molecule has 0 aromatic heterocycles. The van der Waals surface area contributed by atoms with Crippen LogP contribution in [0.3, 0.4) is 0 Å².